The van der Waals surface area contributed by atoms with Crippen molar-refractivity contribution in [3.63, 3.8) is 0 Å². The quantitative estimate of drug-likeness (QED) is 0.780. The number of rotatable bonds is 2. The van der Waals surface area contributed by atoms with Crippen LogP contribution in [0.1, 0.15) is 46.4 Å². The standard InChI is InChI=1S/C13H21BN2O3/c1-8(17)11-10(15)9(6-7-16-11)14-18-12(2,3)13(4,5)19-14/h6-8,17H,15H2,1-5H3. The average Bonchev–Trinajstić information content (AvgIpc) is 2.47. The Morgan fingerprint density at radius 1 is 1.26 bits per heavy atom. The number of aromatic nitrogens is 1. The van der Waals surface area contributed by atoms with Crippen molar-refractivity contribution in [3.8, 4) is 0 Å². The molecule has 2 heterocycles. The molecule has 1 unspecified atom stereocenters. The molecular formula is C13H21BN2O3. The molecule has 1 aromatic rings. The van der Waals surface area contributed by atoms with Crippen molar-refractivity contribution >= 4 is 18.3 Å². The van der Waals surface area contributed by atoms with Crippen LogP contribution in [-0.2, 0) is 9.31 Å². The summed E-state index contributed by atoms with van der Waals surface area (Å²) in [6.45, 7) is 9.58. The first-order valence-corrected chi connectivity index (χ1v) is 6.44. The number of nitrogens with zero attached hydrogens (tertiary/aromatic N) is 1. The van der Waals surface area contributed by atoms with Gasteiger partial charge < -0.3 is 20.1 Å². The molecule has 0 bridgehead atoms. The molecule has 1 atom stereocenters. The minimum Gasteiger partial charge on any atom is -0.399 e. The lowest BCUT2D eigenvalue weighted by molar-refractivity contribution is 0.00578. The highest BCUT2D eigenvalue weighted by Crippen LogP contribution is 2.37. The molecule has 0 amide bonds. The molecule has 0 radical (unpaired) electrons. The van der Waals surface area contributed by atoms with Crippen LogP contribution in [0.25, 0.3) is 0 Å². The largest absolute Gasteiger partial charge is 0.497 e. The first kappa shape index (κ1) is 14.3. The number of aliphatic hydroxyl groups excluding tert-OH is 1. The van der Waals surface area contributed by atoms with E-state index in [-0.39, 0.29) is 0 Å². The number of aliphatic hydroxyl groups is 1. The van der Waals surface area contributed by atoms with Crippen LogP contribution in [0, 0.1) is 0 Å². The number of nitrogens with two attached hydrogens (primary N) is 1. The predicted molar refractivity (Wildman–Crippen MR) is 75.0 cm³/mol. The van der Waals surface area contributed by atoms with E-state index in [1.54, 1.807) is 19.2 Å². The van der Waals surface area contributed by atoms with Crippen LogP contribution in [-0.4, -0.2) is 28.4 Å². The van der Waals surface area contributed by atoms with E-state index in [1.165, 1.54) is 0 Å². The van der Waals surface area contributed by atoms with Gasteiger partial charge in [0.15, 0.2) is 0 Å². The fourth-order valence-corrected chi connectivity index (χ4v) is 2.01. The Bertz CT molecular complexity index is 473. The van der Waals surface area contributed by atoms with Crippen LogP contribution in [0.3, 0.4) is 0 Å². The third-order valence-electron chi connectivity index (χ3n) is 3.96. The molecule has 2 rings (SSSR count). The molecule has 6 heteroatoms. The van der Waals surface area contributed by atoms with Crippen LogP contribution in [0.2, 0.25) is 0 Å². The van der Waals surface area contributed by atoms with Gasteiger partial charge in [-0.05, 0) is 40.7 Å². The van der Waals surface area contributed by atoms with Gasteiger partial charge in [0.05, 0.1) is 28.7 Å². The molecule has 1 aliphatic rings. The monoisotopic (exact) mass is 264 g/mol. The van der Waals surface area contributed by atoms with Crippen molar-refractivity contribution in [3.05, 3.63) is 18.0 Å². The van der Waals surface area contributed by atoms with Gasteiger partial charge in [0.25, 0.3) is 0 Å². The zero-order valence-corrected chi connectivity index (χ0v) is 12.1. The first-order chi connectivity index (χ1) is 8.66. The maximum absolute atomic E-state index is 9.65. The Morgan fingerprint density at radius 3 is 2.26 bits per heavy atom. The number of hydrogen-bond donors (Lipinski definition) is 2. The van der Waals surface area contributed by atoms with E-state index in [4.69, 9.17) is 15.0 Å². The maximum Gasteiger partial charge on any atom is 0.497 e. The Balaban J connectivity index is 2.38. The molecule has 0 aromatic carbocycles. The summed E-state index contributed by atoms with van der Waals surface area (Å²) < 4.78 is 11.9. The second kappa shape index (κ2) is 4.47. The van der Waals surface area contributed by atoms with E-state index in [2.05, 4.69) is 4.98 Å². The van der Waals surface area contributed by atoms with Crippen LogP contribution in [0.15, 0.2) is 12.3 Å². The van der Waals surface area contributed by atoms with E-state index < -0.39 is 24.4 Å². The molecule has 1 saturated heterocycles. The Hall–Kier alpha value is -1.11. The predicted octanol–water partition coefficient (Wildman–Crippen LogP) is 1.02. The van der Waals surface area contributed by atoms with Crippen LogP contribution < -0.4 is 11.2 Å². The minimum atomic E-state index is -0.720. The lowest BCUT2D eigenvalue weighted by Crippen LogP contribution is -2.41. The van der Waals surface area contributed by atoms with Gasteiger partial charge in [-0.3, -0.25) is 4.98 Å². The Kier molecular flexibility index (Phi) is 3.37. The zero-order chi connectivity index (χ0) is 14.4. The van der Waals surface area contributed by atoms with Crippen LogP contribution in [0.5, 0.6) is 0 Å². The molecule has 3 N–H and O–H groups in total. The van der Waals surface area contributed by atoms with Crippen LogP contribution >= 0.6 is 0 Å². The average molecular weight is 264 g/mol. The molecule has 1 aromatic heterocycles. The summed E-state index contributed by atoms with van der Waals surface area (Å²) >= 11 is 0. The first-order valence-electron chi connectivity index (χ1n) is 6.44. The molecule has 0 aliphatic carbocycles. The molecular weight excluding hydrogens is 243 g/mol. The third-order valence-corrected chi connectivity index (χ3v) is 3.96. The number of nitrogen functional groups attached to an aromatic ring is 1. The highest BCUT2D eigenvalue weighted by Gasteiger charge is 2.52. The van der Waals surface area contributed by atoms with Crippen molar-refractivity contribution in [1.29, 1.82) is 0 Å². The van der Waals surface area contributed by atoms with Gasteiger partial charge in [0, 0.05) is 11.7 Å². The summed E-state index contributed by atoms with van der Waals surface area (Å²) in [6.07, 6.45) is 0.890. The van der Waals surface area contributed by atoms with Gasteiger partial charge in [0.1, 0.15) is 0 Å². The zero-order valence-electron chi connectivity index (χ0n) is 12.1. The maximum atomic E-state index is 9.65. The highest BCUT2D eigenvalue weighted by molar-refractivity contribution is 6.63. The Labute approximate surface area is 114 Å². The lowest BCUT2D eigenvalue weighted by atomic mass is 9.77. The highest BCUT2D eigenvalue weighted by atomic mass is 16.7. The third kappa shape index (κ3) is 2.36. The van der Waals surface area contributed by atoms with Gasteiger partial charge >= 0.3 is 7.12 Å². The van der Waals surface area contributed by atoms with Crippen molar-refractivity contribution < 1.29 is 14.4 Å². The minimum absolute atomic E-state index is 0.418. The molecule has 0 spiro atoms. The smallest absolute Gasteiger partial charge is 0.399 e. The fourth-order valence-electron chi connectivity index (χ4n) is 2.01. The van der Waals surface area contributed by atoms with Crippen molar-refractivity contribution in [2.75, 3.05) is 5.73 Å². The summed E-state index contributed by atoms with van der Waals surface area (Å²) in [5.41, 5.74) is 6.81. The second-order valence-electron chi connectivity index (χ2n) is 5.96. The second-order valence-corrected chi connectivity index (χ2v) is 5.96. The van der Waals surface area contributed by atoms with Crippen molar-refractivity contribution in [2.45, 2.75) is 51.9 Å². The number of anilines is 1. The number of pyridine rings is 1. The van der Waals surface area contributed by atoms with Gasteiger partial charge in [-0.25, -0.2) is 0 Å². The summed E-state index contributed by atoms with van der Waals surface area (Å²) in [5.74, 6) is 0. The van der Waals surface area contributed by atoms with E-state index in [0.29, 0.717) is 16.8 Å². The summed E-state index contributed by atoms with van der Waals surface area (Å²) in [5, 5.41) is 9.65. The van der Waals surface area contributed by atoms with Gasteiger partial charge in [0.2, 0.25) is 0 Å². The molecule has 0 saturated carbocycles. The van der Waals surface area contributed by atoms with Crippen molar-refractivity contribution in [1.82, 2.24) is 4.98 Å². The summed E-state index contributed by atoms with van der Waals surface area (Å²) in [4.78, 5) is 4.10. The summed E-state index contributed by atoms with van der Waals surface area (Å²) in [7, 11) is -0.537. The van der Waals surface area contributed by atoms with Crippen molar-refractivity contribution in [2.24, 2.45) is 0 Å². The van der Waals surface area contributed by atoms with Gasteiger partial charge in [-0.1, -0.05) is 0 Å². The molecule has 19 heavy (non-hydrogen) atoms. The van der Waals surface area contributed by atoms with E-state index in [0.717, 1.165) is 0 Å². The topological polar surface area (TPSA) is 77.6 Å². The van der Waals surface area contributed by atoms with Gasteiger partial charge in [-0.15, -0.1) is 0 Å². The lowest BCUT2D eigenvalue weighted by Gasteiger charge is -2.32. The molecule has 1 fully saturated rings. The molecule has 5 nitrogen and oxygen atoms in total. The number of hydrogen-bond acceptors (Lipinski definition) is 5. The fraction of sp³-hybridized carbons (Fsp3) is 0.615. The SMILES string of the molecule is CC(O)c1nccc(B2OC(C)(C)C(C)(C)O2)c1N. The van der Waals surface area contributed by atoms with E-state index >= 15 is 0 Å². The normalized spacial score (nSPS) is 22.5. The van der Waals surface area contributed by atoms with Crippen LogP contribution in [0.4, 0.5) is 5.69 Å². The van der Waals surface area contributed by atoms with E-state index in [1.807, 2.05) is 27.7 Å². The molecule has 1 aliphatic heterocycles. The van der Waals surface area contributed by atoms with Gasteiger partial charge in [-0.2, -0.15) is 0 Å². The Morgan fingerprint density at radius 2 is 1.79 bits per heavy atom. The summed E-state index contributed by atoms with van der Waals surface area (Å²) in [6, 6.07) is 1.77. The molecule has 104 valence electrons. The van der Waals surface area contributed by atoms with E-state index in [9.17, 15) is 5.11 Å².